The lowest BCUT2D eigenvalue weighted by molar-refractivity contribution is 0.229. The summed E-state index contributed by atoms with van der Waals surface area (Å²) in [7, 11) is 0. The van der Waals surface area contributed by atoms with E-state index in [0.717, 1.165) is 28.8 Å². The van der Waals surface area contributed by atoms with Gasteiger partial charge >= 0.3 is 0 Å². The van der Waals surface area contributed by atoms with Crippen LogP contribution >= 0.6 is 0 Å². The highest BCUT2D eigenvalue weighted by molar-refractivity contribution is 6.12. The molecule has 0 bridgehead atoms. The van der Waals surface area contributed by atoms with E-state index < -0.39 is 0 Å². The molecular formula is C33H40N2. The van der Waals surface area contributed by atoms with E-state index >= 15 is 0 Å². The maximum absolute atomic E-state index is 4.97. The Balaban J connectivity index is 1.95. The van der Waals surface area contributed by atoms with Crippen LogP contribution in [0, 0.1) is 10.8 Å². The van der Waals surface area contributed by atoms with Gasteiger partial charge in [-0.25, -0.2) is 9.98 Å². The van der Waals surface area contributed by atoms with E-state index in [1.807, 2.05) is 60.7 Å². The molecule has 0 saturated heterocycles. The molecule has 0 radical (unpaired) electrons. The standard InChI is InChI=1S/C33H40N2/c1-24(26-15-11-9-12-16-26)34-31(29-17-13-10-14-18-29)35-25(2)27-19-21-28(22-20-27)30(33(6,7)8)23-32(3,4)5/h9-22,30H,1,23H2,2-8H3. The maximum Gasteiger partial charge on any atom is 0.160 e. The molecule has 0 saturated carbocycles. The number of rotatable bonds is 6. The van der Waals surface area contributed by atoms with E-state index in [0.29, 0.717) is 17.5 Å². The zero-order valence-electron chi connectivity index (χ0n) is 22.5. The summed E-state index contributed by atoms with van der Waals surface area (Å²) in [6, 6.07) is 29.1. The van der Waals surface area contributed by atoms with Crippen LogP contribution < -0.4 is 0 Å². The van der Waals surface area contributed by atoms with Gasteiger partial charge in [-0.15, -0.1) is 0 Å². The van der Waals surface area contributed by atoms with Gasteiger partial charge in [0.25, 0.3) is 0 Å². The van der Waals surface area contributed by atoms with Crippen molar-refractivity contribution in [2.75, 3.05) is 0 Å². The molecule has 0 spiro atoms. The van der Waals surface area contributed by atoms with Crippen molar-refractivity contribution in [3.63, 3.8) is 0 Å². The molecule has 0 amide bonds. The van der Waals surface area contributed by atoms with Crippen LogP contribution in [-0.4, -0.2) is 11.5 Å². The third-order valence-corrected chi connectivity index (χ3v) is 6.25. The van der Waals surface area contributed by atoms with Crippen molar-refractivity contribution >= 4 is 17.2 Å². The molecule has 0 aromatic heterocycles. The van der Waals surface area contributed by atoms with Gasteiger partial charge in [0.15, 0.2) is 5.84 Å². The molecule has 1 unspecified atom stereocenters. The number of hydrogen-bond donors (Lipinski definition) is 0. The first-order valence-electron chi connectivity index (χ1n) is 12.5. The van der Waals surface area contributed by atoms with Gasteiger partial charge in [0.05, 0.1) is 5.70 Å². The van der Waals surface area contributed by atoms with E-state index in [4.69, 9.17) is 9.98 Å². The van der Waals surface area contributed by atoms with Gasteiger partial charge in [-0.2, -0.15) is 0 Å². The Morgan fingerprint density at radius 1 is 0.686 bits per heavy atom. The predicted molar refractivity (Wildman–Crippen MR) is 153 cm³/mol. The van der Waals surface area contributed by atoms with Gasteiger partial charge in [0.1, 0.15) is 0 Å². The van der Waals surface area contributed by atoms with E-state index in [2.05, 4.69) is 79.3 Å². The second-order valence-corrected chi connectivity index (χ2v) is 11.6. The third kappa shape index (κ3) is 7.62. The van der Waals surface area contributed by atoms with Crippen molar-refractivity contribution in [1.29, 1.82) is 0 Å². The Labute approximate surface area is 212 Å². The Morgan fingerprint density at radius 2 is 1.20 bits per heavy atom. The van der Waals surface area contributed by atoms with Gasteiger partial charge in [-0.1, -0.05) is 133 Å². The highest BCUT2D eigenvalue weighted by Gasteiger charge is 2.30. The normalized spacial score (nSPS) is 14.0. The van der Waals surface area contributed by atoms with Crippen LogP contribution in [0.25, 0.3) is 5.70 Å². The molecule has 2 heteroatoms. The zero-order valence-corrected chi connectivity index (χ0v) is 22.5. The molecule has 2 nitrogen and oxygen atoms in total. The lowest BCUT2D eigenvalue weighted by Crippen LogP contribution is -2.23. The van der Waals surface area contributed by atoms with Crippen LogP contribution in [0.2, 0.25) is 0 Å². The number of amidine groups is 1. The van der Waals surface area contributed by atoms with Gasteiger partial charge in [0, 0.05) is 11.3 Å². The van der Waals surface area contributed by atoms with Crippen LogP contribution in [0.1, 0.15) is 83.1 Å². The monoisotopic (exact) mass is 464 g/mol. The van der Waals surface area contributed by atoms with Crippen molar-refractivity contribution in [1.82, 2.24) is 0 Å². The number of nitrogens with zero attached hydrogens (tertiary/aromatic N) is 2. The Kier molecular flexibility index (Phi) is 8.27. The lowest BCUT2D eigenvalue weighted by atomic mass is 9.69. The number of benzene rings is 3. The molecule has 182 valence electrons. The summed E-state index contributed by atoms with van der Waals surface area (Å²) in [5.41, 5.74) is 6.56. The van der Waals surface area contributed by atoms with Crippen molar-refractivity contribution in [2.45, 2.75) is 60.8 Å². The average Bonchev–Trinajstić information content (AvgIpc) is 2.82. The number of hydrogen-bond acceptors (Lipinski definition) is 1. The minimum atomic E-state index is 0.197. The average molecular weight is 465 g/mol. The fourth-order valence-corrected chi connectivity index (χ4v) is 4.28. The fraction of sp³-hybridized carbons (Fsp3) is 0.333. The SMILES string of the molecule is C=C(N=C(N=C(C)c1ccc(C(CC(C)(C)C)C(C)(C)C)cc1)c1ccccc1)c1ccccc1. The summed E-state index contributed by atoms with van der Waals surface area (Å²) in [6.07, 6.45) is 1.15. The van der Waals surface area contributed by atoms with E-state index in [-0.39, 0.29) is 10.8 Å². The molecule has 0 aliphatic carbocycles. The molecule has 3 aromatic rings. The van der Waals surface area contributed by atoms with Gasteiger partial charge in [0.2, 0.25) is 0 Å². The zero-order chi connectivity index (χ0) is 25.6. The molecule has 0 N–H and O–H groups in total. The van der Waals surface area contributed by atoms with E-state index in [1.165, 1.54) is 5.56 Å². The molecular weight excluding hydrogens is 424 g/mol. The summed E-state index contributed by atoms with van der Waals surface area (Å²) in [4.78, 5) is 9.81. The second-order valence-electron chi connectivity index (χ2n) is 11.6. The van der Waals surface area contributed by atoms with Gasteiger partial charge in [-0.3, -0.25) is 0 Å². The molecule has 0 heterocycles. The molecule has 3 aromatic carbocycles. The second kappa shape index (κ2) is 11.0. The third-order valence-electron chi connectivity index (χ3n) is 6.25. The van der Waals surface area contributed by atoms with Gasteiger partial charge < -0.3 is 0 Å². The summed E-state index contributed by atoms with van der Waals surface area (Å²) in [5, 5.41) is 0. The minimum absolute atomic E-state index is 0.197. The smallest absolute Gasteiger partial charge is 0.160 e. The Hall–Kier alpha value is -3.26. The van der Waals surface area contributed by atoms with Crippen LogP contribution in [0.3, 0.4) is 0 Å². The Bertz CT molecular complexity index is 1170. The van der Waals surface area contributed by atoms with Gasteiger partial charge in [-0.05, 0) is 46.8 Å². The molecule has 1 atom stereocenters. The highest BCUT2D eigenvalue weighted by atomic mass is 14.9. The Morgan fingerprint density at radius 3 is 1.69 bits per heavy atom. The van der Waals surface area contributed by atoms with E-state index in [1.54, 1.807) is 0 Å². The molecule has 0 fully saturated rings. The van der Waals surface area contributed by atoms with Crippen molar-refractivity contribution < 1.29 is 0 Å². The summed E-state index contributed by atoms with van der Waals surface area (Å²) < 4.78 is 0. The first kappa shape index (κ1) is 26.3. The van der Waals surface area contributed by atoms with Crippen molar-refractivity contribution in [3.05, 3.63) is 114 Å². The first-order chi connectivity index (χ1) is 16.4. The summed E-state index contributed by atoms with van der Waals surface area (Å²) in [6.45, 7) is 20.2. The molecule has 0 aliphatic heterocycles. The predicted octanol–water partition coefficient (Wildman–Crippen LogP) is 9.18. The van der Waals surface area contributed by atoms with Crippen LogP contribution in [-0.2, 0) is 0 Å². The molecule has 35 heavy (non-hydrogen) atoms. The van der Waals surface area contributed by atoms with E-state index in [9.17, 15) is 0 Å². The van der Waals surface area contributed by atoms with Crippen LogP contribution in [0.5, 0.6) is 0 Å². The number of aliphatic imine (C=N–C) groups is 2. The molecule has 3 rings (SSSR count). The van der Waals surface area contributed by atoms with Crippen molar-refractivity contribution in [3.8, 4) is 0 Å². The van der Waals surface area contributed by atoms with Crippen molar-refractivity contribution in [2.24, 2.45) is 20.8 Å². The topological polar surface area (TPSA) is 24.7 Å². The quantitative estimate of drug-likeness (QED) is 0.256. The largest absolute Gasteiger partial charge is 0.233 e. The summed E-state index contributed by atoms with van der Waals surface area (Å²) in [5.74, 6) is 1.16. The lowest BCUT2D eigenvalue weighted by Gasteiger charge is -2.36. The fourth-order valence-electron chi connectivity index (χ4n) is 4.28. The minimum Gasteiger partial charge on any atom is -0.233 e. The molecule has 0 aliphatic rings. The first-order valence-corrected chi connectivity index (χ1v) is 12.5. The van der Waals surface area contributed by atoms with Crippen LogP contribution in [0.15, 0.2) is 101 Å². The van der Waals surface area contributed by atoms with Crippen LogP contribution in [0.4, 0.5) is 0 Å². The maximum atomic E-state index is 4.97. The summed E-state index contributed by atoms with van der Waals surface area (Å²) >= 11 is 0. The highest BCUT2D eigenvalue weighted by Crippen LogP contribution is 2.43.